The van der Waals surface area contributed by atoms with Gasteiger partial charge in [0.2, 0.25) is 0 Å². The molecule has 7 heteroatoms. The first-order chi connectivity index (χ1) is 10.6. The number of rotatable bonds is 4. The van der Waals surface area contributed by atoms with Gasteiger partial charge in [-0.3, -0.25) is 0 Å². The van der Waals surface area contributed by atoms with Crippen molar-refractivity contribution in [3.8, 4) is 5.75 Å². The summed E-state index contributed by atoms with van der Waals surface area (Å²) in [6.45, 7) is 3.57. The van der Waals surface area contributed by atoms with Gasteiger partial charge >= 0.3 is 13.1 Å². The second-order valence-electron chi connectivity index (χ2n) is 6.30. The molecular weight excluding hydrogens is 303 g/mol. The van der Waals surface area contributed by atoms with Crippen LogP contribution in [0.5, 0.6) is 5.75 Å². The van der Waals surface area contributed by atoms with Crippen molar-refractivity contribution in [2.75, 3.05) is 13.2 Å². The summed E-state index contributed by atoms with van der Waals surface area (Å²) in [5.74, 6) is 0.192. The van der Waals surface area contributed by atoms with Gasteiger partial charge in [0.1, 0.15) is 11.3 Å². The van der Waals surface area contributed by atoms with Crippen molar-refractivity contribution in [2.45, 2.75) is 35.2 Å². The van der Waals surface area contributed by atoms with Gasteiger partial charge in [-0.15, -0.1) is 11.8 Å². The first-order valence-electron chi connectivity index (χ1n) is 7.55. The molecule has 2 fully saturated rings. The zero-order chi connectivity index (χ0) is 15.4. The molecule has 1 aliphatic carbocycles. The Morgan fingerprint density at radius 2 is 2.23 bits per heavy atom. The van der Waals surface area contributed by atoms with Gasteiger partial charge < -0.3 is 19.5 Å². The third-order valence-electron chi connectivity index (χ3n) is 4.85. The van der Waals surface area contributed by atoms with E-state index in [2.05, 4.69) is 6.92 Å². The molecular formula is C15H17BO5S. The van der Waals surface area contributed by atoms with Crippen molar-refractivity contribution >= 4 is 24.8 Å². The third kappa shape index (κ3) is 2.23. The lowest BCUT2D eigenvalue weighted by molar-refractivity contribution is -0.0302. The van der Waals surface area contributed by atoms with Crippen LogP contribution in [0.15, 0.2) is 17.0 Å². The minimum absolute atomic E-state index is 0.124. The molecule has 1 saturated heterocycles. The Labute approximate surface area is 133 Å². The van der Waals surface area contributed by atoms with E-state index in [9.17, 15) is 14.9 Å². The summed E-state index contributed by atoms with van der Waals surface area (Å²) >= 11 is 1.55. The Kier molecular flexibility index (Phi) is 3.40. The van der Waals surface area contributed by atoms with Gasteiger partial charge in [-0.2, -0.15) is 0 Å². The summed E-state index contributed by atoms with van der Waals surface area (Å²) in [4.78, 5) is 12.5. The molecule has 116 valence electrons. The number of thioether (sulfide) groups is 1. The average molecular weight is 320 g/mol. The van der Waals surface area contributed by atoms with Crippen LogP contribution in [0.3, 0.4) is 0 Å². The van der Waals surface area contributed by atoms with Crippen LogP contribution in [0.25, 0.3) is 0 Å². The Hall–Kier alpha value is -1.18. The van der Waals surface area contributed by atoms with Gasteiger partial charge in [-0.25, -0.2) is 4.79 Å². The molecule has 0 amide bonds. The van der Waals surface area contributed by atoms with Crippen molar-refractivity contribution in [3.05, 3.63) is 23.3 Å². The first-order valence-corrected chi connectivity index (χ1v) is 8.43. The number of carbonyl (C=O) groups is 1. The smallest absolute Gasteiger partial charge is 0.526 e. The van der Waals surface area contributed by atoms with Crippen molar-refractivity contribution in [1.82, 2.24) is 0 Å². The number of aromatic carboxylic acids is 1. The summed E-state index contributed by atoms with van der Waals surface area (Å²) in [6, 6.07) is 3.85. The number of hydrogen-bond acceptors (Lipinski definition) is 5. The molecule has 1 aromatic carbocycles. The Bertz CT molecular complexity index is 633. The fourth-order valence-electron chi connectivity index (χ4n) is 3.22. The molecule has 4 rings (SSSR count). The maximum Gasteiger partial charge on any atom is 0.526 e. The Morgan fingerprint density at radius 1 is 1.45 bits per heavy atom. The molecule has 2 N–H and O–H groups in total. The normalized spacial score (nSPS) is 27.3. The van der Waals surface area contributed by atoms with E-state index < -0.39 is 13.1 Å². The largest absolute Gasteiger partial charge is 0.535 e. The summed E-state index contributed by atoms with van der Waals surface area (Å²) in [7, 11) is -0.881. The molecule has 1 aromatic rings. The van der Waals surface area contributed by atoms with Crippen LogP contribution >= 0.6 is 11.8 Å². The number of benzene rings is 1. The molecule has 2 aliphatic heterocycles. The molecule has 0 bridgehead atoms. The van der Waals surface area contributed by atoms with Crippen LogP contribution in [0, 0.1) is 5.92 Å². The highest BCUT2D eigenvalue weighted by Crippen LogP contribution is 2.60. The number of carboxylic acids is 1. The molecule has 3 unspecified atom stereocenters. The van der Waals surface area contributed by atoms with Crippen LogP contribution in [-0.2, 0) is 4.74 Å². The minimum atomic E-state index is -0.997. The summed E-state index contributed by atoms with van der Waals surface area (Å²) < 4.78 is 10.7. The predicted molar refractivity (Wildman–Crippen MR) is 82.7 cm³/mol. The number of fused-ring (bicyclic) bond motifs is 3. The van der Waals surface area contributed by atoms with Crippen LogP contribution in [0.4, 0.5) is 0 Å². The van der Waals surface area contributed by atoms with Gasteiger partial charge in [-0.1, -0.05) is 13.0 Å². The van der Waals surface area contributed by atoms with E-state index in [0.717, 1.165) is 25.2 Å². The van der Waals surface area contributed by atoms with Crippen LogP contribution < -0.4 is 4.65 Å². The molecule has 22 heavy (non-hydrogen) atoms. The monoisotopic (exact) mass is 320 g/mol. The topological polar surface area (TPSA) is 76.0 Å². The quantitative estimate of drug-likeness (QED) is 0.654. The first kappa shape index (κ1) is 14.4. The molecule has 0 spiro atoms. The zero-order valence-corrected chi connectivity index (χ0v) is 13.0. The van der Waals surface area contributed by atoms with Crippen molar-refractivity contribution in [3.63, 3.8) is 0 Å². The summed E-state index contributed by atoms with van der Waals surface area (Å²) in [6.07, 6.45) is 0.871. The standard InChI is InChI=1S/C15H17BO5S/c1-7(8-5-20-6-8)22-12-3-2-9-10-4-11(10)16(19)21-14(9)13(12)15(17)18/h2-3,7-8,10-11,19H,4-6H2,1H3,(H,17,18). The second-order valence-corrected chi connectivity index (χ2v) is 7.72. The van der Waals surface area contributed by atoms with E-state index in [4.69, 9.17) is 9.39 Å². The lowest BCUT2D eigenvalue weighted by Crippen LogP contribution is -2.34. The molecule has 1 saturated carbocycles. The van der Waals surface area contributed by atoms with E-state index in [-0.39, 0.29) is 22.5 Å². The fraction of sp³-hybridized carbons (Fsp3) is 0.533. The minimum Gasteiger partial charge on any atom is -0.535 e. The van der Waals surface area contributed by atoms with Crippen molar-refractivity contribution < 1.29 is 24.3 Å². The van der Waals surface area contributed by atoms with Crippen molar-refractivity contribution in [2.24, 2.45) is 5.92 Å². The van der Waals surface area contributed by atoms with E-state index in [1.807, 2.05) is 12.1 Å². The molecule has 0 radical (unpaired) electrons. The van der Waals surface area contributed by atoms with Gasteiger partial charge in [0, 0.05) is 21.9 Å². The maximum absolute atomic E-state index is 11.8. The second kappa shape index (κ2) is 5.18. The number of ether oxygens (including phenoxy) is 1. The fourth-order valence-corrected chi connectivity index (χ4v) is 4.41. The summed E-state index contributed by atoms with van der Waals surface area (Å²) in [5, 5.41) is 19.9. The molecule has 2 heterocycles. The van der Waals surface area contributed by atoms with Gasteiger partial charge in [0.15, 0.2) is 0 Å². The Morgan fingerprint density at radius 3 is 2.86 bits per heavy atom. The van der Waals surface area contributed by atoms with E-state index >= 15 is 0 Å². The Balaban J connectivity index is 1.69. The SMILES string of the molecule is CC(Sc1ccc2c(c1C(=O)O)OB(O)C1CC21)C1COC1. The van der Waals surface area contributed by atoms with E-state index in [1.54, 1.807) is 11.8 Å². The highest BCUT2D eigenvalue weighted by Gasteiger charge is 2.54. The molecule has 5 nitrogen and oxygen atoms in total. The highest BCUT2D eigenvalue weighted by atomic mass is 32.2. The predicted octanol–water partition coefficient (Wildman–Crippen LogP) is 2.24. The van der Waals surface area contributed by atoms with Crippen LogP contribution in [-0.4, -0.2) is 41.7 Å². The highest BCUT2D eigenvalue weighted by molar-refractivity contribution is 8.00. The average Bonchev–Trinajstić information content (AvgIpc) is 3.16. The van der Waals surface area contributed by atoms with E-state index in [1.165, 1.54) is 0 Å². The van der Waals surface area contributed by atoms with Crippen LogP contribution in [0.2, 0.25) is 5.82 Å². The van der Waals surface area contributed by atoms with Crippen molar-refractivity contribution in [1.29, 1.82) is 0 Å². The number of carboxylic acid groups (broad SMARTS) is 1. The third-order valence-corrected chi connectivity index (χ3v) is 6.20. The molecule has 3 atom stereocenters. The van der Waals surface area contributed by atoms with Gasteiger partial charge in [-0.05, 0) is 24.0 Å². The molecule has 3 aliphatic rings. The lowest BCUT2D eigenvalue weighted by atomic mass is 9.77. The number of hydrogen-bond donors (Lipinski definition) is 2. The maximum atomic E-state index is 11.8. The zero-order valence-electron chi connectivity index (χ0n) is 12.2. The molecule has 0 aromatic heterocycles. The lowest BCUT2D eigenvalue weighted by Gasteiger charge is -2.31. The van der Waals surface area contributed by atoms with Gasteiger partial charge in [0.25, 0.3) is 0 Å². The van der Waals surface area contributed by atoms with Crippen LogP contribution in [0.1, 0.15) is 35.2 Å². The summed E-state index contributed by atoms with van der Waals surface area (Å²) in [5.41, 5.74) is 1.12. The van der Waals surface area contributed by atoms with Gasteiger partial charge in [0.05, 0.1) is 13.2 Å². The van der Waals surface area contributed by atoms with E-state index in [0.29, 0.717) is 16.6 Å².